The van der Waals surface area contributed by atoms with E-state index in [2.05, 4.69) is 0 Å². The fourth-order valence-electron chi connectivity index (χ4n) is 0.144. The van der Waals surface area contributed by atoms with Gasteiger partial charge < -0.3 is 5.73 Å². The van der Waals surface area contributed by atoms with Crippen molar-refractivity contribution in [3.8, 4) is 6.07 Å². The molecule has 0 aromatic carbocycles. The van der Waals surface area contributed by atoms with Crippen molar-refractivity contribution < 1.29 is 0 Å². The van der Waals surface area contributed by atoms with Crippen LogP contribution in [0.4, 0.5) is 0 Å². The first-order chi connectivity index (χ1) is 2.77. The van der Waals surface area contributed by atoms with E-state index in [-0.39, 0.29) is 6.04 Å². The van der Waals surface area contributed by atoms with E-state index >= 15 is 0 Å². The smallest absolute Gasteiger partial charge is 0.0637 e. The summed E-state index contributed by atoms with van der Waals surface area (Å²) < 4.78 is 0. The van der Waals surface area contributed by atoms with Crippen LogP contribution in [-0.2, 0) is 0 Å². The van der Waals surface area contributed by atoms with Crippen molar-refractivity contribution in [1.29, 1.82) is 5.26 Å². The van der Waals surface area contributed by atoms with Crippen molar-refractivity contribution in [2.75, 3.05) is 0 Å². The predicted molar refractivity (Wildman–Crippen MR) is 23.9 cm³/mol. The summed E-state index contributed by atoms with van der Waals surface area (Å²) in [5, 5.41) is 7.91. The minimum atomic E-state index is 0.0370. The van der Waals surface area contributed by atoms with Crippen molar-refractivity contribution in [1.82, 2.24) is 0 Å². The molecule has 0 radical (unpaired) electrons. The van der Waals surface area contributed by atoms with E-state index in [1.54, 1.807) is 0 Å². The monoisotopic (exact) mass is 84.1 g/mol. The third-order valence-electron chi connectivity index (χ3n) is 0.413. The summed E-state index contributed by atoms with van der Waals surface area (Å²) in [4.78, 5) is 0. The number of nitriles is 1. The Bertz CT molecular complexity index is 60.4. The zero-order valence-corrected chi connectivity index (χ0v) is 3.81. The standard InChI is InChI=1S/C4H8N2/c1-4(6)2-3-5/h4H,2,6H2,1H3/t4-/m1/s1. The van der Waals surface area contributed by atoms with Gasteiger partial charge in [0.25, 0.3) is 0 Å². The van der Waals surface area contributed by atoms with Crippen LogP contribution in [0.2, 0.25) is 0 Å². The van der Waals surface area contributed by atoms with Crippen LogP contribution in [0.5, 0.6) is 0 Å². The van der Waals surface area contributed by atoms with Crippen molar-refractivity contribution in [3.05, 3.63) is 0 Å². The van der Waals surface area contributed by atoms with E-state index in [9.17, 15) is 0 Å². The van der Waals surface area contributed by atoms with Gasteiger partial charge >= 0.3 is 0 Å². The number of nitrogens with zero attached hydrogens (tertiary/aromatic N) is 1. The molecule has 0 saturated carbocycles. The van der Waals surface area contributed by atoms with E-state index in [4.69, 9.17) is 11.0 Å². The zero-order chi connectivity index (χ0) is 4.99. The molecule has 34 valence electrons. The normalized spacial score (nSPS) is 12.8. The Morgan fingerprint density at radius 1 is 2.00 bits per heavy atom. The lowest BCUT2D eigenvalue weighted by Gasteiger charge is -1.89. The molecule has 0 aliphatic rings. The van der Waals surface area contributed by atoms with Crippen molar-refractivity contribution in [2.24, 2.45) is 5.73 Å². The van der Waals surface area contributed by atoms with Crippen molar-refractivity contribution >= 4 is 0 Å². The van der Waals surface area contributed by atoms with E-state index in [0.717, 1.165) is 0 Å². The highest BCUT2D eigenvalue weighted by Gasteiger charge is 1.85. The highest BCUT2D eigenvalue weighted by molar-refractivity contribution is 4.74. The van der Waals surface area contributed by atoms with Crippen LogP contribution >= 0.6 is 0 Å². The van der Waals surface area contributed by atoms with Crippen LogP contribution in [0.3, 0.4) is 0 Å². The second-order valence-corrected chi connectivity index (χ2v) is 1.34. The van der Waals surface area contributed by atoms with Gasteiger partial charge in [-0.2, -0.15) is 5.26 Å². The molecule has 0 amide bonds. The molecule has 0 aliphatic carbocycles. The van der Waals surface area contributed by atoms with Crippen molar-refractivity contribution in [2.45, 2.75) is 19.4 Å². The Morgan fingerprint density at radius 2 is 2.50 bits per heavy atom. The first-order valence-corrected chi connectivity index (χ1v) is 1.90. The van der Waals surface area contributed by atoms with Gasteiger partial charge in [-0.15, -0.1) is 0 Å². The Morgan fingerprint density at radius 3 is 2.50 bits per heavy atom. The molecule has 0 rings (SSSR count). The maximum absolute atomic E-state index is 7.91. The Labute approximate surface area is 37.6 Å². The molecule has 0 aromatic rings. The summed E-state index contributed by atoms with van der Waals surface area (Å²) in [6.07, 6.45) is 0.458. The Kier molecular flexibility index (Phi) is 2.43. The second kappa shape index (κ2) is 2.67. The molecule has 2 heteroatoms. The molecule has 0 heterocycles. The Hall–Kier alpha value is -0.550. The third kappa shape index (κ3) is 3.45. The zero-order valence-electron chi connectivity index (χ0n) is 3.81. The summed E-state index contributed by atoms with van der Waals surface area (Å²) in [6, 6.07) is 1.98. The minimum absolute atomic E-state index is 0.0370. The molecule has 0 aliphatic heterocycles. The molecule has 0 fully saturated rings. The van der Waals surface area contributed by atoms with Gasteiger partial charge in [0.2, 0.25) is 0 Å². The lowest BCUT2D eigenvalue weighted by atomic mass is 10.3. The number of nitrogens with two attached hydrogens (primary N) is 1. The number of hydrogen-bond donors (Lipinski definition) is 1. The fourth-order valence-corrected chi connectivity index (χ4v) is 0.144. The van der Waals surface area contributed by atoms with Crippen LogP contribution in [0.15, 0.2) is 0 Å². The summed E-state index contributed by atoms with van der Waals surface area (Å²) in [6.45, 7) is 1.81. The first kappa shape index (κ1) is 5.45. The van der Waals surface area contributed by atoms with Crippen LogP contribution in [0, 0.1) is 11.3 Å². The second-order valence-electron chi connectivity index (χ2n) is 1.34. The van der Waals surface area contributed by atoms with Crippen LogP contribution in [0.1, 0.15) is 13.3 Å². The third-order valence-corrected chi connectivity index (χ3v) is 0.413. The van der Waals surface area contributed by atoms with E-state index in [1.807, 2.05) is 13.0 Å². The van der Waals surface area contributed by atoms with E-state index < -0.39 is 0 Å². The average molecular weight is 84.1 g/mol. The molecule has 2 N–H and O–H groups in total. The quantitative estimate of drug-likeness (QED) is 0.495. The van der Waals surface area contributed by atoms with Gasteiger partial charge in [-0.3, -0.25) is 0 Å². The summed E-state index contributed by atoms with van der Waals surface area (Å²) in [5.74, 6) is 0. The molecule has 1 atom stereocenters. The summed E-state index contributed by atoms with van der Waals surface area (Å²) in [7, 11) is 0. The maximum Gasteiger partial charge on any atom is 0.0637 e. The molecule has 0 spiro atoms. The topological polar surface area (TPSA) is 49.8 Å². The average Bonchev–Trinajstić information content (AvgIpc) is 1.35. The molecule has 0 aromatic heterocycles. The lowest BCUT2D eigenvalue weighted by molar-refractivity contribution is 0.765. The van der Waals surface area contributed by atoms with E-state index in [0.29, 0.717) is 6.42 Å². The van der Waals surface area contributed by atoms with Crippen molar-refractivity contribution in [3.63, 3.8) is 0 Å². The summed E-state index contributed by atoms with van der Waals surface area (Å²) >= 11 is 0. The van der Waals surface area contributed by atoms with Crippen LogP contribution < -0.4 is 5.73 Å². The molecule has 0 bridgehead atoms. The molecular formula is C4H8N2. The molecule has 2 nitrogen and oxygen atoms in total. The highest BCUT2D eigenvalue weighted by Crippen LogP contribution is 1.77. The minimum Gasteiger partial charge on any atom is -0.327 e. The van der Waals surface area contributed by atoms with Gasteiger partial charge in [-0.1, -0.05) is 0 Å². The molecule has 0 unspecified atom stereocenters. The van der Waals surface area contributed by atoms with Gasteiger partial charge in [-0.25, -0.2) is 0 Å². The lowest BCUT2D eigenvalue weighted by Crippen LogP contribution is -2.12. The SMILES string of the molecule is C[C@@H](N)CC#N. The number of rotatable bonds is 1. The van der Waals surface area contributed by atoms with Crippen LogP contribution in [-0.4, -0.2) is 6.04 Å². The molecule has 6 heavy (non-hydrogen) atoms. The molecular weight excluding hydrogens is 76.1 g/mol. The first-order valence-electron chi connectivity index (χ1n) is 1.90. The van der Waals surface area contributed by atoms with E-state index in [1.165, 1.54) is 0 Å². The molecule has 0 saturated heterocycles. The highest BCUT2D eigenvalue weighted by atomic mass is 14.6. The maximum atomic E-state index is 7.91. The van der Waals surface area contributed by atoms with Crippen LogP contribution in [0.25, 0.3) is 0 Å². The van der Waals surface area contributed by atoms with Gasteiger partial charge in [-0.05, 0) is 6.92 Å². The summed E-state index contributed by atoms with van der Waals surface area (Å²) in [5.41, 5.74) is 5.18. The van der Waals surface area contributed by atoms with Gasteiger partial charge in [0.1, 0.15) is 0 Å². The fraction of sp³-hybridized carbons (Fsp3) is 0.750. The van der Waals surface area contributed by atoms with Gasteiger partial charge in [0, 0.05) is 12.5 Å². The largest absolute Gasteiger partial charge is 0.327 e. The van der Waals surface area contributed by atoms with Gasteiger partial charge in [0.15, 0.2) is 0 Å². The Balaban J connectivity index is 2.88. The van der Waals surface area contributed by atoms with Gasteiger partial charge in [0.05, 0.1) is 6.07 Å². The number of hydrogen-bond acceptors (Lipinski definition) is 2. The predicted octanol–water partition coefficient (Wildman–Crippen LogP) is 0.247.